The van der Waals surface area contributed by atoms with Crippen LogP contribution in [0.3, 0.4) is 0 Å². The van der Waals surface area contributed by atoms with E-state index in [4.69, 9.17) is 11.6 Å². The maximum absolute atomic E-state index is 12.4. The van der Waals surface area contributed by atoms with Crippen molar-refractivity contribution in [3.63, 3.8) is 0 Å². The molecule has 2 heterocycles. The van der Waals surface area contributed by atoms with Gasteiger partial charge in [0.05, 0.1) is 17.9 Å². The average Bonchev–Trinajstić information content (AvgIpc) is 3.11. The summed E-state index contributed by atoms with van der Waals surface area (Å²) < 4.78 is 1.51. The second kappa shape index (κ2) is 6.11. The SMILES string of the molecule is O=c1[nH]c(=O)n(-c2ccc(Cl)cc2)c2c1CN(C1CCCC1)CN2. The van der Waals surface area contributed by atoms with E-state index in [9.17, 15) is 9.59 Å². The van der Waals surface area contributed by atoms with E-state index in [1.54, 1.807) is 24.3 Å². The number of hydrogen-bond donors (Lipinski definition) is 2. The summed E-state index contributed by atoms with van der Waals surface area (Å²) in [6, 6.07) is 7.52. The van der Waals surface area contributed by atoms with E-state index in [1.807, 2.05) is 0 Å². The number of hydrogen-bond acceptors (Lipinski definition) is 4. The van der Waals surface area contributed by atoms with Crippen molar-refractivity contribution in [2.75, 3.05) is 12.0 Å². The minimum Gasteiger partial charge on any atom is -0.358 e. The Hall–Kier alpha value is -2.05. The summed E-state index contributed by atoms with van der Waals surface area (Å²) in [6.07, 6.45) is 4.83. The first-order valence-corrected chi connectivity index (χ1v) is 8.63. The zero-order valence-electron chi connectivity index (χ0n) is 13.2. The van der Waals surface area contributed by atoms with Crippen molar-refractivity contribution >= 4 is 17.4 Å². The van der Waals surface area contributed by atoms with E-state index in [0.29, 0.717) is 41.3 Å². The largest absolute Gasteiger partial charge is 0.358 e. The van der Waals surface area contributed by atoms with Gasteiger partial charge in [-0.25, -0.2) is 9.36 Å². The van der Waals surface area contributed by atoms with E-state index < -0.39 is 5.69 Å². The number of rotatable bonds is 2. The first kappa shape index (κ1) is 15.5. The molecule has 126 valence electrons. The molecular weight excluding hydrogens is 328 g/mol. The van der Waals surface area contributed by atoms with Crippen LogP contribution in [0.4, 0.5) is 5.82 Å². The molecule has 2 aromatic rings. The Labute approximate surface area is 144 Å². The van der Waals surface area contributed by atoms with Gasteiger partial charge < -0.3 is 5.32 Å². The Morgan fingerprint density at radius 2 is 1.79 bits per heavy atom. The molecule has 1 fully saturated rings. The molecule has 6 nitrogen and oxygen atoms in total. The highest BCUT2D eigenvalue weighted by atomic mass is 35.5. The van der Waals surface area contributed by atoms with E-state index in [2.05, 4.69) is 15.2 Å². The molecule has 0 amide bonds. The van der Waals surface area contributed by atoms with Gasteiger partial charge in [0, 0.05) is 17.6 Å². The second-order valence-corrected chi connectivity index (χ2v) is 6.85. The fourth-order valence-corrected chi connectivity index (χ4v) is 3.83. The Morgan fingerprint density at radius 1 is 1.08 bits per heavy atom. The summed E-state index contributed by atoms with van der Waals surface area (Å²) >= 11 is 5.93. The zero-order chi connectivity index (χ0) is 16.7. The Morgan fingerprint density at radius 3 is 2.50 bits per heavy atom. The Balaban J connectivity index is 1.78. The molecule has 0 unspecified atom stereocenters. The van der Waals surface area contributed by atoms with Crippen molar-refractivity contribution in [1.29, 1.82) is 0 Å². The summed E-state index contributed by atoms with van der Waals surface area (Å²) in [5.41, 5.74) is 0.541. The third-order valence-corrected chi connectivity index (χ3v) is 5.20. The molecule has 1 aromatic heterocycles. The van der Waals surface area contributed by atoms with Crippen LogP contribution >= 0.6 is 11.6 Å². The van der Waals surface area contributed by atoms with Gasteiger partial charge in [0.15, 0.2) is 0 Å². The van der Waals surface area contributed by atoms with Crippen LogP contribution in [0.1, 0.15) is 31.2 Å². The van der Waals surface area contributed by atoms with Crippen LogP contribution in [0.2, 0.25) is 5.02 Å². The number of H-pyrrole nitrogens is 1. The monoisotopic (exact) mass is 346 g/mol. The molecule has 0 radical (unpaired) electrons. The molecule has 1 aromatic carbocycles. The molecule has 1 aliphatic heterocycles. The van der Waals surface area contributed by atoms with Crippen LogP contribution in [0.15, 0.2) is 33.9 Å². The van der Waals surface area contributed by atoms with Gasteiger partial charge in [0.25, 0.3) is 5.56 Å². The van der Waals surface area contributed by atoms with Gasteiger partial charge in [-0.05, 0) is 37.1 Å². The van der Waals surface area contributed by atoms with Crippen molar-refractivity contribution in [2.45, 2.75) is 38.3 Å². The summed E-state index contributed by atoms with van der Waals surface area (Å²) in [7, 11) is 0. The molecule has 2 N–H and O–H groups in total. The molecule has 7 heteroatoms. The average molecular weight is 347 g/mol. The molecule has 0 saturated heterocycles. The fourth-order valence-electron chi connectivity index (χ4n) is 3.70. The van der Waals surface area contributed by atoms with Crippen molar-refractivity contribution in [1.82, 2.24) is 14.5 Å². The molecule has 0 bridgehead atoms. The van der Waals surface area contributed by atoms with Crippen LogP contribution in [0, 0.1) is 0 Å². The minimum atomic E-state index is -0.442. The quantitative estimate of drug-likeness (QED) is 0.875. The lowest BCUT2D eigenvalue weighted by atomic mass is 10.1. The van der Waals surface area contributed by atoms with E-state index in [-0.39, 0.29) is 5.56 Å². The molecule has 1 saturated carbocycles. The van der Waals surface area contributed by atoms with Crippen LogP contribution in [0.5, 0.6) is 0 Å². The van der Waals surface area contributed by atoms with Crippen molar-refractivity contribution in [3.8, 4) is 5.69 Å². The van der Waals surface area contributed by atoms with Crippen LogP contribution in [-0.4, -0.2) is 27.2 Å². The van der Waals surface area contributed by atoms with Crippen LogP contribution in [-0.2, 0) is 6.54 Å². The minimum absolute atomic E-state index is 0.310. The lowest BCUT2D eigenvalue weighted by molar-refractivity contribution is 0.195. The number of benzene rings is 1. The molecule has 0 atom stereocenters. The van der Waals surface area contributed by atoms with Gasteiger partial charge in [0.1, 0.15) is 5.82 Å². The predicted octanol–water partition coefficient (Wildman–Crippen LogP) is 2.31. The molecule has 1 aliphatic carbocycles. The molecule has 0 spiro atoms. The van der Waals surface area contributed by atoms with E-state index in [1.165, 1.54) is 30.3 Å². The zero-order valence-corrected chi connectivity index (χ0v) is 14.0. The molecular formula is C17H19ClN4O2. The lowest BCUT2D eigenvalue weighted by Gasteiger charge is -2.34. The number of nitrogens with one attached hydrogen (secondary N) is 2. The molecule has 4 rings (SSSR count). The number of anilines is 1. The molecule has 24 heavy (non-hydrogen) atoms. The standard InChI is InChI=1S/C17H19ClN4O2/c18-11-5-7-13(8-6-11)22-15-14(16(23)20-17(22)24)9-21(10-19-15)12-3-1-2-4-12/h5-8,12,19H,1-4,9-10H2,(H,20,23,24). The van der Waals surface area contributed by atoms with Gasteiger partial charge in [-0.3, -0.25) is 14.7 Å². The highest BCUT2D eigenvalue weighted by Gasteiger charge is 2.29. The van der Waals surface area contributed by atoms with Crippen LogP contribution < -0.4 is 16.6 Å². The molecule has 2 aliphatic rings. The van der Waals surface area contributed by atoms with Gasteiger partial charge in [-0.2, -0.15) is 0 Å². The number of fused-ring (bicyclic) bond motifs is 1. The van der Waals surface area contributed by atoms with Crippen molar-refractivity contribution < 1.29 is 0 Å². The van der Waals surface area contributed by atoms with Gasteiger partial charge in [0.2, 0.25) is 0 Å². The maximum Gasteiger partial charge on any atom is 0.334 e. The highest BCUT2D eigenvalue weighted by molar-refractivity contribution is 6.30. The number of aromatic nitrogens is 2. The first-order valence-electron chi connectivity index (χ1n) is 8.25. The third kappa shape index (κ3) is 2.65. The van der Waals surface area contributed by atoms with Gasteiger partial charge in [-0.1, -0.05) is 24.4 Å². The van der Waals surface area contributed by atoms with Crippen molar-refractivity contribution in [3.05, 3.63) is 55.7 Å². The predicted molar refractivity (Wildman–Crippen MR) is 94.0 cm³/mol. The van der Waals surface area contributed by atoms with Crippen LogP contribution in [0.25, 0.3) is 5.69 Å². The van der Waals surface area contributed by atoms with E-state index >= 15 is 0 Å². The Bertz CT molecular complexity index is 866. The number of aromatic amines is 1. The van der Waals surface area contributed by atoms with Gasteiger partial charge in [-0.15, -0.1) is 0 Å². The summed E-state index contributed by atoms with van der Waals surface area (Å²) in [5.74, 6) is 0.584. The first-order chi connectivity index (χ1) is 11.6. The lowest BCUT2D eigenvalue weighted by Crippen LogP contribution is -2.46. The maximum atomic E-state index is 12.4. The summed E-state index contributed by atoms with van der Waals surface area (Å²) in [5, 5.41) is 3.89. The summed E-state index contributed by atoms with van der Waals surface area (Å²) in [6.45, 7) is 1.21. The van der Waals surface area contributed by atoms with Crippen molar-refractivity contribution in [2.24, 2.45) is 0 Å². The fraction of sp³-hybridized carbons (Fsp3) is 0.412. The Kier molecular flexibility index (Phi) is 3.94. The topological polar surface area (TPSA) is 70.1 Å². The smallest absolute Gasteiger partial charge is 0.334 e. The second-order valence-electron chi connectivity index (χ2n) is 6.42. The normalized spacial score (nSPS) is 18.4. The summed E-state index contributed by atoms with van der Waals surface area (Å²) in [4.78, 5) is 29.4. The highest BCUT2D eigenvalue weighted by Crippen LogP contribution is 2.28. The number of halogens is 1. The van der Waals surface area contributed by atoms with E-state index in [0.717, 1.165) is 0 Å². The third-order valence-electron chi connectivity index (χ3n) is 4.94. The number of nitrogens with zero attached hydrogens (tertiary/aromatic N) is 2. The van der Waals surface area contributed by atoms with Gasteiger partial charge >= 0.3 is 5.69 Å².